The van der Waals surface area contributed by atoms with Crippen LogP contribution in [0.5, 0.6) is 0 Å². The maximum absolute atomic E-state index is 13.9. The maximum Gasteiger partial charge on any atom is 0.417 e. The van der Waals surface area contributed by atoms with Crippen LogP contribution in [-0.2, 0) is 9.53 Å². The van der Waals surface area contributed by atoms with Crippen LogP contribution in [0.4, 0.5) is 10.5 Å². The highest BCUT2D eigenvalue weighted by molar-refractivity contribution is 6.08. The highest BCUT2D eigenvalue weighted by Crippen LogP contribution is 2.47. The average Bonchev–Trinajstić information content (AvgIpc) is 2.78. The molecule has 2 aliphatic rings. The van der Waals surface area contributed by atoms with Gasteiger partial charge in [0.25, 0.3) is 5.91 Å². The number of benzene rings is 2. The number of rotatable bonds is 1. The molecular formula is C28H29N3O3. The lowest BCUT2D eigenvalue weighted by atomic mass is 9.76. The predicted octanol–water partition coefficient (Wildman–Crippen LogP) is 5.83. The van der Waals surface area contributed by atoms with E-state index in [0.29, 0.717) is 12.0 Å². The van der Waals surface area contributed by atoms with Gasteiger partial charge in [0.05, 0.1) is 5.52 Å². The van der Waals surface area contributed by atoms with Gasteiger partial charge in [0.15, 0.2) is 0 Å². The van der Waals surface area contributed by atoms with Gasteiger partial charge in [0, 0.05) is 47.4 Å². The molecule has 34 heavy (non-hydrogen) atoms. The molecule has 3 aromatic rings. The topological polar surface area (TPSA) is 71.5 Å². The van der Waals surface area contributed by atoms with E-state index in [1.54, 1.807) is 27.0 Å². The molecular weight excluding hydrogens is 426 g/mol. The lowest BCUT2D eigenvalue weighted by molar-refractivity contribution is -0.127. The molecule has 174 valence electrons. The van der Waals surface area contributed by atoms with Crippen LogP contribution in [0.3, 0.4) is 0 Å². The van der Waals surface area contributed by atoms with Crippen molar-refractivity contribution in [2.24, 2.45) is 0 Å². The normalized spacial score (nSPS) is 17.9. The Morgan fingerprint density at radius 3 is 2.65 bits per heavy atom. The summed E-state index contributed by atoms with van der Waals surface area (Å²) in [4.78, 5) is 32.6. The summed E-state index contributed by atoms with van der Waals surface area (Å²) in [6, 6.07) is 14.3. The van der Waals surface area contributed by atoms with Crippen LogP contribution in [0.25, 0.3) is 10.9 Å². The molecule has 1 aromatic heterocycles. The molecule has 6 nitrogen and oxygen atoms in total. The van der Waals surface area contributed by atoms with Crippen molar-refractivity contribution in [3.05, 3.63) is 82.2 Å². The van der Waals surface area contributed by atoms with E-state index in [2.05, 4.69) is 42.3 Å². The number of carbonyl (C=O) groups is 2. The van der Waals surface area contributed by atoms with Crippen LogP contribution in [0.15, 0.2) is 59.9 Å². The molecule has 2 amide bonds. The minimum Gasteiger partial charge on any atom is -0.443 e. The van der Waals surface area contributed by atoms with E-state index in [-0.39, 0.29) is 18.4 Å². The molecule has 1 unspecified atom stereocenters. The second kappa shape index (κ2) is 7.97. The Kier molecular flexibility index (Phi) is 5.19. The molecule has 5 rings (SSSR count). The van der Waals surface area contributed by atoms with Gasteiger partial charge < -0.3 is 10.1 Å². The first kappa shape index (κ1) is 22.1. The summed E-state index contributed by atoms with van der Waals surface area (Å²) in [5.74, 6) is -0.631. The fourth-order valence-corrected chi connectivity index (χ4v) is 4.83. The smallest absolute Gasteiger partial charge is 0.417 e. The van der Waals surface area contributed by atoms with Gasteiger partial charge in [-0.3, -0.25) is 9.78 Å². The monoisotopic (exact) mass is 455 g/mol. The minimum absolute atomic E-state index is 0.281. The van der Waals surface area contributed by atoms with Crippen molar-refractivity contribution < 1.29 is 14.3 Å². The molecule has 2 aromatic carbocycles. The lowest BCUT2D eigenvalue weighted by Crippen LogP contribution is -2.47. The first-order valence-corrected chi connectivity index (χ1v) is 11.6. The number of anilines is 1. The minimum atomic E-state index is -0.682. The van der Waals surface area contributed by atoms with Crippen LogP contribution in [0.2, 0.25) is 0 Å². The van der Waals surface area contributed by atoms with Crippen LogP contribution in [0.1, 0.15) is 55.4 Å². The van der Waals surface area contributed by atoms with Gasteiger partial charge in [-0.05, 0) is 75.1 Å². The van der Waals surface area contributed by atoms with Gasteiger partial charge in [-0.1, -0.05) is 24.3 Å². The maximum atomic E-state index is 13.9. The van der Waals surface area contributed by atoms with E-state index in [4.69, 9.17) is 4.74 Å². The predicted molar refractivity (Wildman–Crippen MR) is 133 cm³/mol. The van der Waals surface area contributed by atoms with Crippen LogP contribution >= 0.6 is 0 Å². The molecule has 1 atom stereocenters. The molecule has 2 aliphatic heterocycles. The number of pyridine rings is 1. The van der Waals surface area contributed by atoms with E-state index < -0.39 is 11.7 Å². The number of amides is 2. The molecule has 0 aliphatic carbocycles. The second-order valence-electron chi connectivity index (χ2n) is 10.1. The Balaban J connectivity index is 1.70. The SMILES string of the molecule is Cc1ccc(C2C3=C(CCN(C(=O)OC(C)(C)C)C3=O)Nc3ccc4ncccc4c32)cc1C. The highest BCUT2D eigenvalue weighted by Gasteiger charge is 2.42. The number of hydrogen-bond acceptors (Lipinski definition) is 5. The molecule has 0 radical (unpaired) electrons. The summed E-state index contributed by atoms with van der Waals surface area (Å²) in [6.07, 6.45) is 1.72. The molecule has 0 bridgehead atoms. The number of aryl methyl sites for hydroxylation is 2. The summed E-state index contributed by atoms with van der Waals surface area (Å²) >= 11 is 0. The van der Waals surface area contributed by atoms with Crippen LogP contribution in [-0.4, -0.2) is 34.0 Å². The zero-order valence-electron chi connectivity index (χ0n) is 20.2. The van der Waals surface area contributed by atoms with E-state index in [1.807, 2.05) is 24.3 Å². The molecule has 0 fully saturated rings. The zero-order chi connectivity index (χ0) is 24.2. The van der Waals surface area contributed by atoms with Crippen molar-refractivity contribution >= 4 is 28.6 Å². The summed E-state index contributed by atoms with van der Waals surface area (Å²) in [5.41, 5.74) is 7.00. The quantitative estimate of drug-likeness (QED) is 0.500. The fourth-order valence-electron chi connectivity index (χ4n) is 4.83. The number of fused-ring (bicyclic) bond motifs is 3. The third kappa shape index (κ3) is 3.73. The first-order valence-electron chi connectivity index (χ1n) is 11.6. The van der Waals surface area contributed by atoms with Gasteiger partial charge in [0.2, 0.25) is 0 Å². The standard InChI is InChI=1S/C28H29N3O3/c1-16-8-9-18(15-17(16)2)23-24-19-7-6-13-29-20(19)10-11-21(24)30-22-12-14-31(26(32)25(22)23)27(33)34-28(3,4)5/h6-11,13,15,23,30H,12,14H2,1-5H3. The zero-order valence-corrected chi connectivity index (χ0v) is 20.2. The number of carbonyl (C=O) groups excluding carboxylic acids is 2. The summed E-state index contributed by atoms with van der Waals surface area (Å²) < 4.78 is 5.56. The largest absolute Gasteiger partial charge is 0.443 e. The molecule has 0 spiro atoms. The second-order valence-corrected chi connectivity index (χ2v) is 10.1. The van der Waals surface area contributed by atoms with E-state index >= 15 is 0 Å². The van der Waals surface area contributed by atoms with Crippen LogP contribution < -0.4 is 5.32 Å². The summed E-state index contributed by atoms with van der Waals surface area (Å²) in [5, 5.41) is 4.50. The molecule has 0 saturated heterocycles. The highest BCUT2D eigenvalue weighted by atomic mass is 16.6. The van der Waals surface area contributed by atoms with Crippen molar-refractivity contribution in [1.29, 1.82) is 0 Å². The first-order chi connectivity index (χ1) is 16.1. The Morgan fingerprint density at radius 1 is 1.12 bits per heavy atom. The van der Waals surface area contributed by atoms with Crippen molar-refractivity contribution in [2.75, 3.05) is 11.9 Å². The summed E-state index contributed by atoms with van der Waals surface area (Å²) in [6.45, 7) is 9.86. The number of imide groups is 1. The van der Waals surface area contributed by atoms with Gasteiger partial charge in [0.1, 0.15) is 5.60 Å². The third-order valence-corrected chi connectivity index (χ3v) is 6.55. The van der Waals surface area contributed by atoms with Gasteiger partial charge in [-0.2, -0.15) is 0 Å². The number of nitrogens with zero attached hydrogens (tertiary/aromatic N) is 2. The lowest BCUT2D eigenvalue weighted by Gasteiger charge is -2.38. The third-order valence-electron chi connectivity index (χ3n) is 6.55. The number of aromatic nitrogens is 1. The summed E-state index contributed by atoms with van der Waals surface area (Å²) in [7, 11) is 0. The van der Waals surface area contributed by atoms with Gasteiger partial charge in [-0.25, -0.2) is 9.69 Å². The molecule has 3 heterocycles. The van der Waals surface area contributed by atoms with Crippen LogP contribution in [0, 0.1) is 13.8 Å². The number of hydrogen-bond donors (Lipinski definition) is 1. The number of ether oxygens (including phenoxy) is 1. The Labute approximate surface area is 199 Å². The van der Waals surface area contributed by atoms with E-state index in [0.717, 1.165) is 39.0 Å². The molecule has 0 saturated carbocycles. The molecule has 6 heteroatoms. The number of nitrogens with one attached hydrogen (secondary N) is 1. The molecule has 1 N–H and O–H groups in total. The van der Waals surface area contributed by atoms with Gasteiger partial charge in [-0.15, -0.1) is 0 Å². The Hall–Kier alpha value is -3.67. The Morgan fingerprint density at radius 2 is 1.91 bits per heavy atom. The van der Waals surface area contributed by atoms with E-state index in [1.165, 1.54) is 10.5 Å². The van der Waals surface area contributed by atoms with Crippen molar-refractivity contribution in [2.45, 2.75) is 52.6 Å². The van der Waals surface area contributed by atoms with Crippen molar-refractivity contribution in [1.82, 2.24) is 9.88 Å². The average molecular weight is 456 g/mol. The Bertz CT molecular complexity index is 1370. The van der Waals surface area contributed by atoms with Gasteiger partial charge >= 0.3 is 6.09 Å². The van der Waals surface area contributed by atoms with Crippen molar-refractivity contribution in [3.63, 3.8) is 0 Å². The van der Waals surface area contributed by atoms with Crippen molar-refractivity contribution in [3.8, 4) is 0 Å². The fraction of sp³-hybridized carbons (Fsp3) is 0.321. The van der Waals surface area contributed by atoms with E-state index in [9.17, 15) is 9.59 Å².